The van der Waals surface area contributed by atoms with Crippen LogP contribution in [0.2, 0.25) is 5.02 Å². The topological polar surface area (TPSA) is 72.2 Å². The Balaban J connectivity index is 2.54. The third-order valence-electron chi connectivity index (χ3n) is 2.70. The number of hydrogen-bond donors (Lipinski definition) is 2. The Morgan fingerprint density at radius 2 is 1.94 bits per heavy atom. The second-order valence-electron chi connectivity index (χ2n) is 4.79. The minimum absolute atomic E-state index is 0.183. The highest BCUT2D eigenvalue weighted by Crippen LogP contribution is 2.16. The van der Waals surface area contributed by atoms with Gasteiger partial charge in [0.25, 0.3) is 0 Å². The van der Waals surface area contributed by atoms with Gasteiger partial charge in [0.15, 0.2) is 0 Å². The van der Waals surface area contributed by atoms with Crippen LogP contribution in [0.15, 0.2) is 24.3 Å². The standard InChI is InChI=1S/C13H17ClN2O2/c1-13(2,12(15)18)8-16-11(17)7-9-5-3-4-6-10(9)14/h3-6H,7-8H2,1-2H3,(H2,15,18)(H,16,17). The predicted molar refractivity (Wildman–Crippen MR) is 71.1 cm³/mol. The molecular formula is C13H17ClN2O2. The number of amides is 2. The molecule has 0 aliphatic carbocycles. The minimum Gasteiger partial charge on any atom is -0.369 e. The van der Waals surface area contributed by atoms with Crippen molar-refractivity contribution in [3.05, 3.63) is 34.9 Å². The zero-order valence-corrected chi connectivity index (χ0v) is 11.3. The van der Waals surface area contributed by atoms with Crippen LogP contribution >= 0.6 is 11.6 Å². The van der Waals surface area contributed by atoms with Crippen LogP contribution in [0, 0.1) is 5.41 Å². The first-order valence-electron chi connectivity index (χ1n) is 5.63. The molecule has 0 aromatic heterocycles. The van der Waals surface area contributed by atoms with E-state index in [1.165, 1.54) is 0 Å². The smallest absolute Gasteiger partial charge is 0.224 e. The number of rotatable bonds is 5. The molecule has 0 saturated heterocycles. The maximum Gasteiger partial charge on any atom is 0.224 e. The average Bonchev–Trinajstić information content (AvgIpc) is 2.29. The van der Waals surface area contributed by atoms with E-state index in [0.717, 1.165) is 5.56 Å². The lowest BCUT2D eigenvalue weighted by atomic mass is 9.92. The van der Waals surface area contributed by atoms with Gasteiger partial charge in [0.2, 0.25) is 11.8 Å². The SMILES string of the molecule is CC(C)(CNC(=O)Cc1ccccc1Cl)C(N)=O. The van der Waals surface area contributed by atoms with Crippen LogP contribution in [0.4, 0.5) is 0 Å². The van der Waals surface area contributed by atoms with Crippen molar-refractivity contribution in [2.75, 3.05) is 6.54 Å². The van der Waals surface area contributed by atoms with Crippen LogP contribution in [-0.2, 0) is 16.0 Å². The molecule has 0 aliphatic rings. The molecule has 18 heavy (non-hydrogen) atoms. The molecule has 1 aromatic carbocycles. The molecule has 2 amide bonds. The zero-order valence-electron chi connectivity index (χ0n) is 10.5. The predicted octanol–water partition coefficient (Wildman–Crippen LogP) is 1.51. The summed E-state index contributed by atoms with van der Waals surface area (Å²) in [4.78, 5) is 22.8. The van der Waals surface area contributed by atoms with E-state index in [1.54, 1.807) is 32.0 Å². The summed E-state index contributed by atoms with van der Waals surface area (Å²) in [5.41, 5.74) is 5.23. The van der Waals surface area contributed by atoms with Gasteiger partial charge in [0.05, 0.1) is 11.8 Å². The van der Waals surface area contributed by atoms with Gasteiger partial charge >= 0.3 is 0 Å². The van der Waals surface area contributed by atoms with Crippen molar-refractivity contribution in [1.82, 2.24) is 5.32 Å². The van der Waals surface area contributed by atoms with Crippen LogP contribution < -0.4 is 11.1 Å². The van der Waals surface area contributed by atoms with Crippen molar-refractivity contribution in [2.45, 2.75) is 20.3 Å². The summed E-state index contributed by atoms with van der Waals surface area (Å²) < 4.78 is 0. The van der Waals surface area contributed by atoms with E-state index in [9.17, 15) is 9.59 Å². The van der Waals surface area contributed by atoms with Gasteiger partial charge in [-0.05, 0) is 25.5 Å². The highest BCUT2D eigenvalue weighted by molar-refractivity contribution is 6.31. The van der Waals surface area contributed by atoms with Gasteiger partial charge in [-0.1, -0.05) is 29.8 Å². The van der Waals surface area contributed by atoms with E-state index in [2.05, 4.69) is 5.32 Å². The van der Waals surface area contributed by atoms with E-state index in [4.69, 9.17) is 17.3 Å². The summed E-state index contributed by atoms with van der Waals surface area (Å²) in [5, 5.41) is 3.24. The third kappa shape index (κ3) is 4.04. The van der Waals surface area contributed by atoms with E-state index in [-0.39, 0.29) is 18.9 Å². The Bertz CT molecular complexity index is 458. The van der Waals surface area contributed by atoms with Gasteiger partial charge in [-0.3, -0.25) is 9.59 Å². The van der Waals surface area contributed by atoms with Gasteiger partial charge in [-0.2, -0.15) is 0 Å². The Morgan fingerprint density at radius 3 is 2.50 bits per heavy atom. The molecule has 1 rings (SSSR count). The molecule has 0 atom stereocenters. The molecule has 4 nitrogen and oxygen atoms in total. The minimum atomic E-state index is -0.754. The lowest BCUT2D eigenvalue weighted by Crippen LogP contribution is -2.42. The number of carbonyl (C=O) groups is 2. The summed E-state index contributed by atoms with van der Waals surface area (Å²) in [6, 6.07) is 7.15. The first kappa shape index (κ1) is 14.5. The third-order valence-corrected chi connectivity index (χ3v) is 3.07. The zero-order chi connectivity index (χ0) is 13.8. The lowest BCUT2D eigenvalue weighted by molar-refractivity contribution is -0.126. The van der Waals surface area contributed by atoms with Crippen LogP contribution in [0.1, 0.15) is 19.4 Å². The van der Waals surface area contributed by atoms with E-state index < -0.39 is 11.3 Å². The summed E-state index contributed by atoms with van der Waals surface area (Å²) in [5.74, 6) is -0.627. The van der Waals surface area contributed by atoms with E-state index >= 15 is 0 Å². The quantitative estimate of drug-likeness (QED) is 0.850. The number of nitrogens with two attached hydrogens (primary N) is 1. The van der Waals surface area contributed by atoms with Crippen molar-refractivity contribution in [3.63, 3.8) is 0 Å². The Labute approximate surface area is 112 Å². The van der Waals surface area contributed by atoms with E-state index in [1.807, 2.05) is 6.07 Å². The van der Waals surface area contributed by atoms with Crippen molar-refractivity contribution >= 4 is 23.4 Å². The van der Waals surface area contributed by atoms with Crippen molar-refractivity contribution in [2.24, 2.45) is 11.1 Å². The number of benzene rings is 1. The summed E-state index contributed by atoms with van der Waals surface area (Å²) >= 11 is 5.95. The number of nitrogens with one attached hydrogen (secondary N) is 1. The van der Waals surface area contributed by atoms with Crippen LogP contribution in [-0.4, -0.2) is 18.4 Å². The fraction of sp³-hybridized carbons (Fsp3) is 0.385. The number of hydrogen-bond acceptors (Lipinski definition) is 2. The molecule has 1 aromatic rings. The Morgan fingerprint density at radius 1 is 1.33 bits per heavy atom. The summed E-state index contributed by atoms with van der Waals surface area (Å²) in [7, 11) is 0. The first-order chi connectivity index (χ1) is 8.33. The molecule has 0 radical (unpaired) electrons. The molecule has 0 unspecified atom stereocenters. The van der Waals surface area contributed by atoms with Crippen LogP contribution in [0.5, 0.6) is 0 Å². The normalized spacial score (nSPS) is 11.1. The molecule has 5 heteroatoms. The van der Waals surface area contributed by atoms with Gasteiger partial charge < -0.3 is 11.1 Å². The molecule has 3 N–H and O–H groups in total. The second kappa shape index (κ2) is 5.87. The maximum atomic E-state index is 11.7. The fourth-order valence-electron chi connectivity index (χ4n) is 1.28. The average molecular weight is 269 g/mol. The molecular weight excluding hydrogens is 252 g/mol. The highest BCUT2D eigenvalue weighted by Gasteiger charge is 2.25. The second-order valence-corrected chi connectivity index (χ2v) is 5.20. The summed E-state index contributed by atoms with van der Waals surface area (Å²) in [6.45, 7) is 3.59. The Kier molecular flexibility index (Phi) is 4.73. The number of halogens is 1. The summed E-state index contributed by atoms with van der Waals surface area (Å²) in [6.07, 6.45) is 0.189. The lowest BCUT2D eigenvalue weighted by Gasteiger charge is -2.20. The Hall–Kier alpha value is -1.55. The van der Waals surface area contributed by atoms with Crippen molar-refractivity contribution < 1.29 is 9.59 Å². The van der Waals surface area contributed by atoms with Crippen molar-refractivity contribution in [3.8, 4) is 0 Å². The van der Waals surface area contributed by atoms with Crippen LogP contribution in [0.3, 0.4) is 0 Å². The van der Waals surface area contributed by atoms with Crippen molar-refractivity contribution in [1.29, 1.82) is 0 Å². The largest absolute Gasteiger partial charge is 0.369 e. The highest BCUT2D eigenvalue weighted by atomic mass is 35.5. The van der Waals surface area contributed by atoms with Gasteiger partial charge in [0, 0.05) is 11.6 Å². The van der Waals surface area contributed by atoms with Gasteiger partial charge in [0.1, 0.15) is 0 Å². The van der Waals surface area contributed by atoms with Gasteiger partial charge in [-0.15, -0.1) is 0 Å². The molecule has 0 heterocycles. The molecule has 98 valence electrons. The van der Waals surface area contributed by atoms with E-state index in [0.29, 0.717) is 5.02 Å². The maximum absolute atomic E-state index is 11.7. The number of carbonyl (C=O) groups excluding carboxylic acids is 2. The van der Waals surface area contributed by atoms with Gasteiger partial charge in [-0.25, -0.2) is 0 Å². The monoisotopic (exact) mass is 268 g/mol. The first-order valence-corrected chi connectivity index (χ1v) is 6.01. The molecule has 0 fully saturated rings. The fourth-order valence-corrected chi connectivity index (χ4v) is 1.49. The molecule has 0 spiro atoms. The van der Waals surface area contributed by atoms with Crippen LogP contribution in [0.25, 0.3) is 0 Å². The number of primary amides is 1. The molecule has 0 aliphatic heterocycles. The molecule has 0 bridgehead atoms. The molecule has 0 saturated carbocycles.